The van der Waals surface area contributed by atoms with E-state index >= 15 is 0 Å². The van der Waals surface area contributed by atoms with E-state index in [0.29, 0.717) is 5.52 Å². The lowest BCUT2D eigenvalue weighted by atomic mass is 10.0. The number of H-pyrrole nitrogens is 1. The Morgan fingerprint density at radius 1 is 0.935 bits per heavy atom. The summed E-state index contributed by atoms with van der Waals surface area (Å²) in [4.78, 5) is 14.2. The van der Waals surface area contributed by atoms with Crippen LogP contribution in [-0.4, -0.2) is 28.9 Å². The maximum absolute atomic E-state index is 11.5. The standard InChI is InChI=1S/C26H34N2O2S/c1-26(2,21-10-6-5-7-11-21)31-19-9-4-3-8-17-27-18-16-20-12-14-23(29)25-22(20)13-15-24(30)28-25/h5-7,10-15,27,29H,3-4,8-9,16-19H2,1-2H3,(H,28,30). The van der Waals surface area contributed by atoms with Crippen LogP contribution in [-0.2, 0) is 11.2 Å². The van der Waals surface area contributed by atoms with Gasteiger partial charge in [0.25, 0.3) is 0 Å². The first-order valence-electron chi connectivity index (χ1n) is 11.2. The quantitative estimate of drug-likeness (QED) is 0.322. The van der Waals surface area contributed by atoms with Crippen molar-refractivity contribution in [2.45, 2.75) is 50.7 Å². The Morgan fingerprint density at radius 2 is 1.71 bits per heavy atom. The molecule has 0 amide bonds. The molecule has 0 bridgehead atoms. The van der Waals surface area contributed by atoms with Crippen molar-refractivity contribution in [2.24, 2.45) is 0 Å². The molecule has 166 valence electrons. The van der Waals surface area contributed by atoms with Crippen LogP contribution in [0.4, 0.5) is 0 Å². The highest BCUT2D eigenvalue weighted by molar-refractivity contribution is 8.00. The van der Waals surface area contributed by atoms with Crippen LogP contribution in [0.3, 0.4) is 0 Å². The first kappa shape index (κ1) is 23.4. The third-order valence-electron chi connectivity index (χ3n) is 5.71. The van der Waals surface area contributed by atoms with Crippen molar-refractivity contribution in [3.05, 3.63) is 76.1 Å². The molecule has 1 aromatic heterocycles. The van der Waals surface area contributed by atoms with Gasteiger partial charge in [0.15, 0.2) is 0 Å². The molecule has 3 N–H and O–H groups in total. The number of hydrogen-bond donors (Lipinski definition) is 3. The van der Waals surface area contributed by atoms with Crippen molar-refractivity contribution in [1.29, 1.82) is 0 Å². The highest BCUT2D eigenvalue weighted by Gasteiger charge is 2.19. The molecule has 31 heavy (non-hydrogen) atoms. The van der Waals surface area contributed by atoms with Gasteiger partial charge in [-0.2, -0.15) is 11.8 Å². The van der Waals surface area contributed by atoms with Crippen LogP contribution in [0.5, 0.6) is 5.75 Å². The summed E-state index contributed by atoms with van der Waals surface area (Å²) in [7, 11) is 0. The fourth-order valence-electron chi connectivity index (χ4n) is 3.82. The zero-order chi connectivity index (χ0) is 22.1. The fourth-order valence-corrected chi connectivity index (χ4v) is 4.98. The minimum absolute atomic E-state index is 0.120. The molecule has 0 unspecified atom stereocenters. The predicted octanol–water partition coefficient (Wildman–Crippen LogP) is 5.59. The van der Waals surface area contributed by atoms with Crippen molar-refractivity contribution in [3.63, 3.8) is 0 Å². The average Bonchev–Trinajstić information content (AvgIpc) is 2.77. The minimum Gasteiger partial charge on any atom is -0.506 e. The third kappa shape index (κ3) is 6.88. The monoisotopic (exact) mass is 438 g/mol. The van der Waals surface area contributed by atoms with Gasteiger partial charge in [-0.15, -0.1) is 0 Å². The number of rotatable bonds is 12. The number of phenols is 1. The Kier molecular flexibility index (Phi) is 8.61. The molecule has 3 aromatic rings. The van der Waals surface area contributed by atoms with Gasteiger partial charge in [-0.25, -0.2) is 0 Å². The maximum Gasteiger partial charge on any atom is 0.248 e. The summed E-state index contributed by atoms with van der Waals surface area (Å²) < 4.78 is 0.175. The fraction of sp³-hybridized carbons (Fsp3) is 0.423. The second kappa shape index (κ2) is 11.4. The van der Waals surface area contributed by atoms with E-state index in [0.717, 1.165) is 30.5 Å². The molecule has 0 aliphatic heterocycles. The van der Waals surface area contributed by atoms with Crippen LogP contribution < -0.4 is 10.9 Å². The molecule has 0 radical (unpaired) electrons. The number of fused-ring (bicyclic) bond motifs is 1. The van der Waals surface area contributed by atoms with E-state index < -0.39 is 0 Å². The van der Waals surface area contributed by atoms with Crippen molar-refractivity contribution < 1.29 is 5.11 Å². The van der Waals surface area contributed by atoms with E-state index in [1.54, 1.807) is 12.1 Å². The molecular formula is C26H34N2O2S. The lowest BCUT2D eigenvalue weighted by Crippen LogP contribution is -2.18. The van der Waals surface area contributed by atoms with E-state index in [9.17, 15) is 9.90 Å². The lowest BCUT2D eigenvalue weighted by Gasteiger charge is -2.24. The molecule has 0 fully saturated rings. The Bertz CT molecular complexity index is 1010. The number of aromatic nitrogens is 1. The van der Waals surface area contributed by atoms with Crippen molar-refractivity contribution in [1.82, 2.24) is 10.3 Å². The van der Waals surface area contributed by atoms with Gasteiger partial charge in [0, 0.05) is 16.2 Å². The van der Waals surface area contributed by atoms with Gasteiger partial charge in [-0.1, -0.05) is 49.2 Å². The topological polar surface area (TPSA) is 65.1 Å². The number of hydrogen-bond acceptors (Lipinski definition) is 4. The smallest absolute Gasteiger partial charge is 0.248 e. The van der Waals surface area contributed by atoms with E-state index in [2.05, 4.69) is 54.5 Å². The number of aromatic hydroxyl groups is 1. The number of thioether (sulfide) groups is 1. The van der Waals surface area contributed by atoms with E-state index in [1.807, 2.05) is 17.8 Å². The summed E-state index contributed by atoms with van der Waals surface area (Å²) in [5, 5.41) is 14.4. The number of benzene rings is 2. The minimum atomic E-state index is -0.194. The van der Waals surface area contributed by atoms with Crippen LogP contribution in [0.1, 0.15) is 50.7 Å². The molecule has 0 spiro atoms. The Balaban J connectivity index is 1.28. The molecule has 2 aromatic carbocycles. The molecular weight excluding hydrogens is 404 g/mol. The van der Waals surface area contributed by atoms with Crippen LogP contribution in [0.2, 0.25) is 0 Å². The molecule has 1 heterocycles. The van der Waals surface area contributed by atoms with E-state index in [4.69, 9.17) is 0 Å². The van der Waals surface area contributed by atoms with E-state index in [-0.39, 0.29) is 16.1 Å². The van der Waals surface area contributed by atoms with Gasteiger partial charge in [0.05, 0.1) is 5.52 Å². The van der Waals surface area contributed by atoms with Crippen molar-refractivity contribution >= 4 is 22.7 Å². The first-order valence-corrected chi connectivity index (χ1v) is 12.2. The summed E-state index contributed by atoms with van der Waals surface area (Å²) in [6.45, 7) is 6.54. The van der Waals surface area contributed by atoms with E-state index in [1.165, 1.54) is 43.1 Å². The van der Waals surface area contributed by atoms with Crippen LogP contribution >= 0.6 is 11.8 Å². The molecule has 0 saturated heterocycles. The summed E-state index contributed by atoms with van der Waals surface area (Å²) in [5.41, 5.74) is 2.87. The van der Waals surface area contributed by atoms with Gasteiger partial charge in [0.1, 0.15) is 5.75 Å². The molecule has 0 saturated carbocycles. The van der Waals surface area contributed by atoms with Gasteiger partial charge in [-0.05, 0) is 75.2 Å². The molecule has 5 heteroatoms. The number of phenolic OH excluding ortho intramolecular Hbond substituents is 1. The summed E-state index contributed by atoms with van der Waals surface area (Å²) in [5.74, 6) is 1.32. The Hall–Kier alpha value is -2.24. The summed E-state index contributed by atoms with van der Waals surface area (Å²) >= 11 is 2.05. The Morgan fingerprint density at radius 3 is 2.52 bits per heavy atom. The highest BCUT2D eigenvalue weighted by atomic mass is 32.2. The number of nitrogens with one attached hydrogen (secondary N) is 2. The van der Waals surface area contributed by atoms with Crippen LogP contribution in [0.25, 0.3) is 10.9 Å². The van der Waals surface area contributed by atoms with Crippen LogP contribution in [0, 0.1) is 0 Å². The summed E-state index contributed by atoms with van der Waals surface area (Å²) in [6.07, 6.45) is 5.85. The number of unbranched alkanes of at least 4 members (excludes halogenated alkanes) is 3. The molecule has 0 aliphatic rings. The second-order valence-electron chi connectivity index (χ2n) is 8.49. The van der Waals surface area contributed by atoms with Gasteiger partial charge >= 0.3 is 0 Å². The van der Waals surface area contributed by atoms with Crippen molar-refractivity contribution in [2.75, 3.05) is 18.8 Å². The third-order valence-corrected chi connectivity index (χ3v) is 7.16. The molecule has 4 nitrogen and oxygen atoms in total. The Labute approximate surface area is 189 Å². The average molecular weight is 439 g/mol. The zero-order valence-electron chi connectivity index (χ0n) is 18.6. The SMILES string of the molecule is CC(C)(SCCCCCCNCCc1ccc(O)c2[nH]c(=O)ccc12)c1ccccc1. The normalized spacial score (nSPS) is 11.8. The molecule has 0 atom stereocenters. The number of pyridine rings is 1. The zero-order valence-corrected chi connectivity index (χ0v) is 19.4. The van der Waals surface area contributed by atoms with Crippen LogP contribution in [0.15, 0.2) is 59.4 Å². The first-order chi connectivity index (χ1) is 15.0. The van der Waals surface area contributed by atoms with Gasteiger partial charge in [-0.3, -0.25) is 4.79 Å². The van der Waals surface area contributed by atoms with Gasteiger partial charge in [0.2, 0.25) is 5.56 Å². The van der Waals surface area contributed by atoms with Crippen molar-refractivity contribution in [3.8, 4) is 5.75 Å². The molecule has 3 rings (SSSR count). The highest BCUT2D eigenvalue weighted by Crippen LogP contribution is 2.36. The molecule has 0 aliphatic carbocycles. The largest absolute Gasteiger partial charge is 0.506 e. The van der Waals surface area contributed by atoms with Gasteiger partial charge < -0.3 is 15.4 Å². The number of aromatic amines is 1. The maximum atomic E-state index is 11.5. The lowest BCUT2D eigenvalue weighted by molar-refractivity contribution is 0.480. The second-order valence-corrected chi connectivity index (χ2v) is 10.2. The summed E-state index contributed by atoms with van der Waals surface area (Å²) in [6, 6.07) is 17.7. The predicted molar refractivity (Wildman–Crippen MR) is 133 cm³/mol.